The number of amides is 2. The Bertz CT molecular complexity index is 1280. The van der Waals surface area contributed by atoms with Gasteiger partial charge in [-0.15, -0.1) is 0 Å². The number of carbonyl (C=O) groups excluding carboxylic acids is 3. The van der Waals surface area contributed by atoms with E-state index in [0.29, 0.717) is 30.2 Å². The van der Waals surface area contributed by atoms with E-state index in [1.54, 1.807) is 48.5 Å². The number of ketones is 1. The molecule has 4 N–H and O–H groups in total. The van der Waals surface area contributed by atoms with Crippen molar-refractivity contribution in [1.29, 1.82) is 0 Å². The number of nitrogens with one attached hydrogen (secondary N) is 2. The first-order valence-electron chi connectivity index (χ1n) is 12.5. The van der Waals surface area contributed by atoms with E-state index in [1.807, 2.05) is 0 Å². The van der Waals surface area contributed by atoms with Gasteiger partial charge in [-0.05, 0) is 48.9 Å². The molecule has 2 amide bonds. The number of aromatic hydroxyl groups is 1. The summed E-state index contributed by atoms with van der Waals surface area (Å²) in [5.74, 6) is -3.72. The van der Waals surface area contributed by atoms with E-state index in [4.69, 9.17) is 0 Å². The van der Waals surface area contributed by atoms with Crippen LogP contribution in [0.15, 0.2) is 54.7 Å². The summed E-state index contributed by atoms with van der Waals surface area (Å²) in [6.45, 7) is -0.488. The molecule has 4 rings (SSSR count). The second-order valence-corrected chi connectivity index (χ2v) is 9.45. The number of carbonyl (C=O) groups is 4. The number of benzene rings is 2. The molecule has 9 nitrogen and oxygen atoms in total. The van der Waals surface area contributed by atoms with Crippen LogP contribution in [-0.4, -0.2) is 62.8 Å². The van der Waals surface area contributed by atoms with Crippen molar-refractivity contribution in [1.82, 2.24) is 15.2 Å². The Labute approximate surface area is 214 Å². The van der Waals surface area contributed by atoms with Crippen molar-refractivity contribution in [3.8, 4) is 5.75 Å². The number of hydrogen-bond donors (Lipinski definition) is 4. The molecule has 0 bridgehead atoms. The van der Waals surface area contributed by atoms with Gasteiger partial charge in [0.05, 0.1) is 5.56 Å². The first-order chi connectivity index (χ1) is 17.8. The standard InChI is InChI=1S/C28H31N3O6/c32-20-12-10-18(11-13-20)14-15-29-27(36)25(19-6-2-1-3-7-19)31(17-24(33)34)28(37)26(35)22-16-30-23-9-5-4-8-21(22)23/h4-5,8-13,16,19,25,30,32H,1-3,6-7,14-15,17H2,(H,29,36)(H,33,34). The van der Waals surface area contributed by atoms with Crippen LogP contribution in [0.3, 0.4) is 0 Å². The summed E-state index contributed by atoms with van der Waals surface area (Å²) in [4.78, 5) is 56.0. The second-order valence-electron chi connectivity index (χ2n) is 9.45. The lowest BCUT2D eigenvalue weighted by Gasteiger charge is -2.36. The molecule has 1 unspecified atom stereocenters. The number of Topliss-reactive ketones (excluding diaryl/α,β-unsaturated/α-hetero) is 1. The molecule has 1 atom stereocenters. The van der Waals surface area contributed by atoms with Crippen LogP contribution in [0.25, 0.3) is 10.9 Å². The van der Waals surface area contributed by atoms with Gasteiger partial charge in [0.15, 0.2) is 0 Å². The van der Waals surface area contributed by atoms with Crippen LogP contribution in [0.4, 0.5) is 0 Å². The summed E-state index contributed by atoms with van der Waals surface area (Å²) in [5.41, 5.74) is 1.73. The Kier molecular flexibility index (Phi) is 8.22. The molecule has 1 aliphatic carbocycles. The van der Waals surface area contributed by atoms with Crippen LogP contribution >= 0.6 is 0 Å². The highest BCUT2D eigenvalue weighted by atomic mass is 16.4. The molecule has 0 aliphatic heterocycles. The summed E-state index contributed by atoms with van der Waals surface area (Å²) in [7, 11) is 0. The third-order valence-electron chi connectivity index (χ3n) is 6.94. The van der Waals surface area contributed by atoms with Gasteiger partial charge in [0.1, 0.15) is 18.3 Å². The number of rotatable bonds is 10. The quantitative estimate of drug-likeness (QED) is 0.246. The number of nitrogens with zero attached hydrogens (tertiary/aromatic N) is 1. The third kappa shape index (κ3) is 6.17. The number of hydrogen-bond acceptors (Lipinski definition) is 5. The van der Waals surface area contributed by atoms with E-state index >= 15 is 0 Å². The van der Waals surface area contributed by atoms with Gasteiger partial charge in [-0.2, -0.15) is 0 Å². The molecular formula is C28H31N3O6. The maximum Gasteiger partial charge on any atom is 0.323 e. The van der Waals surface area contributed by atoms with Crippen molar-refractivity contribution >= 4 is 34.5 Å². The lowest BCUT2D eigenvalue weighted by Crippen LogP contribution is -2.56. The van der Waals surface area contributed by atoms with Gasteiger partial charge >= 0.3 is 5.97 Å². The summed E-state index contributed by atoms with van der Waals surface area (Å²) >= 11 is 0. The number of aliphatic carboxylic acids is 1. The third-order valence-corrected chi connectivity index (χ3v) is 6.94. The molecule has 0 radical (unpaired) electrons. The Morgan fingerprint density at radius 1 is 1.00 bits per heavy atom. The summed E-state index contributed by atoms with van der Waals surface area (Å²) in [6.07, 6.45) is 6.01. The van der Waals surface area contributed by atoms with Gasteiger partial charge in [0.25, 0.3) is 11.7 Å². The number of phenols is 1. The van der Waals surface area contributed by atoms with E-state index < -0.39 is 36.2 Å². The molecule has 2 aromatic carbocycles. The molecule has 194 valence electrons. The predicted octanol–water partition coefficient (Wildman–Crippen LogP) is 3.28. The average molecular weight is 506 g/mol. The van der Waals surface area contributed by atoms with E-state index in [0.717, 1.165) is 29.7 Å². The number of H-pyrrole nitrogens is 1. The maximum absolute atomic E-state index is 13.5. The number of carboxylic acid groups (broad SMARTS) is 1. The van der Waals surface area contributed by atoms with Crippen LogP contribution < -0.4 is 5.32 Å². The molecule has 0 saturated heterocycles. The van der Waals surface area contributed by atoms with Crippen molar-refractivity contribution in [3.05, 3.63) is 65.9 Å². The SMILES string of the molecule is O=C(O)CN(C(=O)C(=O)c1c[nH]c2ccccc12)C(C(=O)NCCc1ccc(O)cc1)C1CCCCC1. The van der Waals surface area contributed by atoms with E-state index in [1.165, 1.54) is 6.20 Å². The number of phenolic OH excluding ortho intramolecular Hbond substituents is 1. The Morgan fingerprint density at radius 2 is 1.70 bits per heavy atom. The lowest BCUT2D eigenvalue weighted by molar-refractivity contribution is -0.148. The minimum absolute atomic E-state index is 0.145. The first-order valence-corrected chi connectivity index (χ1v) is 12.5. The van der Waals surface area contributed by atoms with E-state index in [2.05, 4.69) is 10.3 Å². The smallest absolute Gasteiger partial charge is 0.323 e. The van der Waals surface area contributed by atoms with E-state index in [-0.39, 0.29) is 23.8 Å². The lowest BCUT2D eigenvalue weighted by atomic mass is 9.82. The van der Waals surface area contributed by atoms with Crippen molar-refractivity contribution < 1.29 is 29.4 Å². The van der Waals surface area contributed by atoms with Crippen LogP contribution in [-0.2, 0) is 20.8 Å². The molecular weight excluding hydrogens is 474 g/mol. The molecule has 1 saturated carbocycles. The topological polar surface area (TPSA) is 140 Å². The van der Waals surface area contributed by atoms with Gasteiger partial charge in [0.2, 0.25) is 5.91 Å². The van der Waals surface area contributed by atoms with Crippen molar-refractivity contribution in [2.24, 2.45) is 5.92 Å². The Hall–Kier alpha value is -4.14. The van der Waals surface area contributed by atoms with E-state index in [9.17, 15) is 29.4 Å². The molecule has 37 heavy (non-hydrogen) atoms. The van der Waals surface area contributed by atoms with Gasteiger partial charge in [0, 0.05) is 23.6 Å². The predicted molar refractivity (Wildman–Crippen MR) is 137 cm³/mol. The molecule has 1 aliphatic rings. The summed E-state index contributed by atoms with van der Waals surface area (Å²) < 4.78 is 0. The van der Waals surface area contributed by atoms with Crippen molar-refractivity contribution in [2.75, 3.05) is 13.1 Å². The van der Waals surface area contributed by atoms with Gasteiger partial charge in [-0.25, -0.2) is 0 Å². The molecule has 1 heterocycles. The fraction of sp³-hybridized carbons (Fsp3) is 0.357. The fourth-order valence-electron chi connectivity index (χ4n) is 5.10. The Balaban J connectivity index is 1.58. The van der Waals surface area contributed by atoms with Gasteiger partial charge < -0.3 is 25.4 Å². The summed E-state index contributed by atoms with van der Waals surface area (Å²) in [6, 6.07) is 12.6. The van der Waals surface area contributed by atoms with Crippen molar-refractivity contribution in [3.63, 3.8) is 0 Å². The summed E-state index contributed by atoms with van der Waals surface area (Å²) in [5, 5.41) is 22.5. The zero-order valence-electron chi connectivity index (χ0n) is 20.5. The number of para-hydroxylation sites is 1. The van der Waals surface area contributed by atoms with Crippen LogP contribution in [0.5, 0.6) is 5.75 Å². The number of aromatic amines is 1. The van der Waals surface area contributed by atoms with Crippen LogP contribution in [0, 0.1) is 5.92 Å². The zero-order chi connectivity index (χ0) is 26.4. The number of fused-ring (bicyclic) bond motifs is 1. The van der Waals surface area contributed by atoms with Crippen LogP contribution in [0.1, 0.15) is 48.0 Å². The average Bonchev–Trinajstić information content (AvgIpc) is 3.33. The second kappa shape index (κ2) is 11.7. The minimum Gasteiger partial charge on any atom is -0.508 e. The molecule has 3 aromatic rings. The van der Waals surface area contributed by atoms with Crippen molar-refractivity contribution in [2.45, 2.75) is 44.6 Å². The normalized spacial score (nSPS) is 14.7. The highest BCUT2D eigenvalue weighted by Gasteiger charge is 2.40. The fourth-order valence-corrected chi connectivity index (χ4v) is 5.10. The molecule has 1 aromatic heterocycles. The molecule has 1 fully saturated rings. The molecule has 9 heteroatoms. The molecule has 0 spiro atoms. The van der Waals surface area contributed by atoms with Crippen LogP contribution in [0.2, 0.25) is 0 Å². The number of aromatic nitrogens is 1. The number of carboxylic acids is 1. The van der Waals surface area contributed by atoms with Gasteiger partial charge in [-0.3, -0.25) is 19.2 Å². The zero-order valence-corrected chi connectivity index (χ0v) is 20.5. The minimum atomic E-state index is -1.29. The first kappa shape index (κ1) is 25.9. The monoisotopic (exact) mass is 505 g/mol. The highest BCUT2D eigenvalue weighted by Crippen LogP contribution is 2.30. The van der Waals surface area contributed by atoms with Gasteiger partial charge in [-0.1, -0.05) is 49.6 Å². The Morgan fingerprint density at radius 3 is 2.41 bits per heavy atom. The highest BCUT2D eigenvalue weighted by molar-refractivity contribution is 6.45. The largest absolute Gasteiger partial charge is 0.508 e. The maximum atomic E-state index is 13.5.